The van der Waals surface area contributed by atoms with Crippen molar-refractivity contribution in [3.05, 3.63) is 0 Å². The molecule has 4 unspecified atom stereocenters. The van der Waals surface area contributed by atoms with Gasteiger partial charge in [0.25, 0.3) is 0 Å². The number of carbonyl (C=O) groups excluding carboxylic acids is 1. The molecule has 18 heavy (non-hydrogen) atoms. The van der Waals surface area contributed by atoms with E-state index in [4.69, 9.17) is 5.73 Å². The number of piperidine rings is 1. The number of hydrogen-bond donors (Lipinski definition) is 1. The Labute approximate surface area is 111 Å². The fourth-order valence-corrected chi connectivity index (χ4v) is 3.52. The van der Waals surface area contributed by atoms with Crippen LogP contribution in [0.25, 0.3) is 0 Å². The van der Waals surface area contributed by atoms with E-state index in [1.165, 1.54) is 19.3 Å². The Morgan fingerprint density at radius 1 is 1.17 bits per heavy atom. The number of likely N-dealkylation sites (tertiary alicyclic amines) is 1. The van der Waals surface area contributed by atoms with Crippen LogP contribution in [0.15, 0.2) is 0 Å². The van der Waals surface area contributed by atoms with Crippen LogP contribution in [0.3, 0.4) is 0 Å². The van der Waals surface area contributed by atoms with Crippen molar-refractivity contribution in [1.82, 2.24) is 4.90 Å². The van der Waals surface area contributed by atoms with E-state index in [1.807, 2.05) is 0 Å². The minimum atomic E-state index is 0.250. The second-order valence-electron chi connectivity index (χ2n) is 6.36. The molecule has 1 saturated carbocycles. The predicted molar refractivity (Wildman–Crippen MR) is 74.1 cm³/mol. The third-order valence-corrected chi connectivity index (χ3v) is 5.10. The van der Waals surface area contributed by atoms with Crippen molar-refractivity contribution < 1.29 is 4.79 Å². The fraction of sp³-hybridized carbons (Fsp3) is 0.933. The standard InChI is InChI=1S/C15H28N2O/c1-11-6-5-9-17(12(11)2)15(18)10-13-7-3-4-8-14(13)16/h11-14H,3-10,16H2,1-2H3. The largest absolute Gasteiger partial charge is 0.340 e. The molecule has 104 valence electrons. The maximum Gasteiger partial charge on any atom is 0.223 e. The molecule has 1 saturated heterocycles. The van der Waals surface area contributed by atoms with Crippen LogP contribution in [0.2, 0.25) is 0 Å². The zero-order chi connectivity index (χ0) is 13.1. The molecule has 1 amide bonds. The summed E-state index contributed by atoms with van der Waals surface area (Å²) >= 11 is 0. The highest BCUT2D eigenvalue weighted by Gasteiger charge is 2.31. The van der Waals surface area contributed by atoms with E-state index >= 15 is 0 Å². The molecule has 2 fully saturated rings. The van der Waals surface area contributed by atoms with Crippen LogP contribution in [0.1, 0.15) is 58.8 Å². The molecule has 0 aromatic carbocycles. The number of amides is 1. The number of nitrogens with two attached hydrogens (primary N) is 1. The van der Waals surface area contributed by atoms with Crippen molar-refractivity contribution in [1.29, 1.82) is 0 Å². The third kappa shape index (κ3) is 3.05. The van der Waals surface area contributed by atoms with E-state index in [0.29, 0.717) is 30.2 Å². The van der Waals surface area contributed by atoms with Gasteiger partial charge in [-0.2, -0.15) is 0 Å². The van der Waals surface area contributed by atoms with E-state index in [-0.39, 0.29) is 6.04 Å². The normalized spacial score (nSPS) is 37.6. The molecule has 0 bridgehead atoms. The van der Waals surface area contributed by atoms with Crippen LogP contribution in [-0.4, -0.2) is 29.4 Å². The Morgan fingerprint density at radius 3 is 2.61 bits per heavy atom. The van der Waals surface area contributed by atoms with Crippen molar-refractivity contribution in [3.63, 3.8) is 0 Å². The Bertz CT molecular complexity index is 292. The Kier molecular flexibility index (Phi) is 4.66. The SMILES string of the molecule is CC1CCCN(C(=O)CC2CCCCC2N)C1C. The zero-order valence-corrected chi connectivity index (χ0v) is 11.9. The molecule has 2 aliphatic rings. The lowest BCUT2D eigenvalue weighted by atomic mass is 9.82. The van der Waals surface area contributed by atoms with E-state index in [0.717, 1.165) is 25.8 Å². The summed E-state index contributed by atoms with van der Waals surface area (Å²) in [4.78, 5) is 14.5. The van der Waals surface area contributed by atoms with Gasteiger partial charge >= 0.3 is 0 Å². The van der Waals surface area contributed by atoms with Gasteiger partial charge in [-0.3, -0.25) is 4.79 Å². The quantitative estimate of drug-likeness (QED) is 0.821. The Hall–Kier alpha value is -0.570. The highest BCUT2D eigenvalue weighted by Crippen LogP contribution is 2.29. The topological polar surface area (TPSA) is 46.3 Å². The highest BCUT2D eigenvalue weighted by molar-refractivity contribution is 5.77. The summed E-state index contributed by atoms with van der Waals surface area (Å²) < 4.78 is 0. The monoisotopic (exact) mass is 252 g/mol. The first-order valence-electron chi connectivity index (χ1n) is 7.64. The number of nitrogens with zero attached hydrogens (tertiary/aromatic N) is 1. The molecule has 0 spiro atoms. The number of carbonyl (C=O) groups is 1. The summed E-state index contributed by atoms with van der Waals surface area (Å²) in [5.41, 5.74) is 6.15. The first-order valence-corrected chi connectivity index (χ1v) is 7.64. The first-order chi connectivity index (χ1) is 8.59. The van der Waals surface area contributed by atoms with E-state index < -0.39 is 0 Å². The zero-order valence-electron chi connectivity index (χ0n) is 11.9. The highest BCUT2D eigenvalue weighted by atomic mass is 16.2. The molecule has 2 N–H and O–H groups in total. The minimum Gasteiger partial charge on any atom is -0.340 e. The molecule has 3 heteroatoms. The van der Waals surface area contributed by atoms with Gasteiger partial charge in [-0.15, -0.1) is 0 Å². The molecule has 0 aromatic rings. The Balaban J connectivity index is 1.90. The van der Waals surface area contributed by atoms with Crippen LogP contribution in [0.4, 0.5) is 0 Å². The molecule has 0 aromatic heterocycles. The van der Waals surface area contributed by atoms with Crippen molar-refractivity contribution in [2.75, 3.05) is 6.54 Å². The molecular weight excluding hydrogens is 224 g/mol. The summed E-state index contributed by atoms with van der Waals surface area (Å²) in [5.74, 6) is 1.41. The number of hydrogen-bond acceptors (Lipinski definition) is 2. The first kappa shape index (κ1) is 13.9. The maximum absolute atomic E-state index is 12.4. The van der Waals surface area contributed by atoms with Crippen molar-refractivity contribution in [2.45, 2.75) is 70.9 Å². The van der Waals surface area contributed by atoms with Crippen LogP contribution in [0, 0.1) is 11.8 Å². The fourth-order valence-electron chi connectivity index (χ4n) is 3.52. The molecule has 1 aliphatic carbocycles. The van der Waals surface area contributed by atoms with Crippen LogP contribution in [-0.2, 0) is 4.79 Å². The summed E-state index contributed by atoms with van der Waals surface area (Å²) in [6.45, 7) is 5.41. The second kappa shape index (κ2) is 6.05. The summed E-state index contributed by atoms with van der Waals surface area (Å²) in [5, 5.41) is 0. The van der Waals surface area contributed by atoms with Crippen molar-refractivity contribution in [3.8, 4) is 0 Å². The molecule has 3 nitrogen and oxygen atoms in total. The smallest absolute Gasteiger partial charge is 0.223 e. The summed E-state index contributed by atoms with van der Waals surface area (Å²) in [6.07, 6.45) is 7.83. The van der Waals surface area contributed by atoms with Gasteiger partial charge in [-0.05, 0) is 44.4 Å². The van der Waals surface area contributed by atoms with E-state index in [2.05, 4.69) is 18.7 Å². The lowest BCUT2D eigenvalue weighted by Crippen LogP contribution is -2.47. The van der Waals surface area contributed by atoms with Gasteiger partial charge < -0.3 is 10.6 Å². The van der Waals surface area contributed by atoms with Gasteiger partial charge in [0.15, 0.2) is 0 Å². The van der Waals surface area contributed by atoms with Gasteiger partial charge in [0.05, 0.1) is 0 Å². The van der Waals surface area contributed by atoms with E-state index in [9.17, 15) is 4.79 Å². The predicted octanol–water partition coefficient (Wildman–Crippen LogP) is 2.54. The maximum atomic E-state index is 12.4. The van der Waals surface area contributed by atoms with Gasteiger partial charge in [0.1, 0.15) is 0 Å². The average Bonchev–Trinajstić information content (AvgIpc) is 2.35. The second-order valence-corrected chi connectivity index (χ2v) is 6.36. The average molecular weight is 252 g/mol. The van der Waals surface area contributed by atoms with E-state index in [1.54, 1.807) is 0 Å². The molecule has 1 heterocycles. The minimum absolute atomic E-state index is 0.250. The lowest BCUT2D eigenvalue weighted by molar-refractivity contribution is -0.137. The molecule has 0 radical (unpaired) electrons. The third-order valence-electron chi connectivity index (χ3n) is 5.10. The Morgan fingerprint density at radius 2 is 1.89 bits per heavy atom. The number of rotatable bonds is 2. The lowest BCUT2D eigenvalue weighted by Gasteiger charge is -2.39. The van der Waals surface area contributed by atoms with Gasteiger partial charge in [0.2, 0.25) is 5.91 Å². The molecular formula is C15H28N2O. The van der Waals surface area contributed by atoms with Gasteiger partial charge in [-0.25, -0.2) is 0 Å². The van der Waals surface area contributed by atoms with Crippen molar-refractivity contribution in [2.24, 2.45) is 17.6 Å². The summed E-state index contributed by atoms with van der Waals surface area (Å²) in [6, 6.07) is 0.659. The van der Waals surface area contributed by atoms with Gasteiger partial charge in [-0.1, -0.05) is 19.8 Å². The molecule has 2 rings (SSSR count). The van der Waals surface area contributed by atoms with Crippen LogP contribution >= 0.6 is 0 Å². The molecule has 4 atom stereocenters. The van der Waals surface area contributed by atoms with Crippen LogP contribution < -0.4 is 5.73 Å². The molecule has 1 aliphatic heterocycles. The van der Waals surface area contributed by atoms with Crippen molar-refractivity contribution >= 4 is 5.91 Å². The van der Waals surface area contributed by atoms with Crippen LogP contribution in [0.5, 0.6) is 0 Å². The van der Waals surface area contributed by atoms with Gasteiger partial charge in [0, 0.05) is 25.0 Å². The summed E-state index contributed by atoms with van der Waals surface area (Å²) in [7, 11) is 0.